The summed E-state index contributed by atoms with van der Waals surface area (Å²) in [5.41, 5.74) is 10.9. The molecule has 0 spiro atoms. The molecule has 3 heterocycles. The molecule has 1 aliphatic rings. The highest BCUT2D eigenvalue weighted by Gasteiger charge is 2.18. The van der Waals surface area contributed by atoms with Crippen LogP contribution in [0.1, 0.15) is 36.4 Å². The van der Waals surface area contributed by atoms with Crippen molar-refractivity contribution in [1.82, 2.24) is 30.4 Å². The van der Waals surface area contributed by atoms with Crippen LogP contribution in [0.5, 0.6) is 0 Å². The van der Waals surface area contributed by atoms with Gasteiger partial charge in [0.1, 0.15) is 0 Å². The largest absolute Gasteiger partial charge is 0.333 e. The van der Waals surface area contributed by atoms with Gasteiger partial charge in [-0.1, -0.05) is 24.3 Å². The minimum atomic E-state index is 0.518. The summed E-state index contributed by atoms with van der Waals surface area (Å²) in [7, 11) is 1.50. The van der Waals surface area contributed by atoms with Crippen molar-refractivity contribution in [2.45, 2.75) is 25.2 Å². The zero-order valence-electron chi connectivity index (χ0n) is 18.1. The lowest BCUT2D eigenvalue weighted by atomic mass is 9.85. The molecule has 0 bridgehead atoms. The van der Waals surface area contributed by atoms with E-state index in [0.29, 0.717) is 5.92 Å². The quantitative estimate of drug-likeness (QED) is 0.437. The van der Waals surface area contributed by atoms with Crippen molar-refractivity contribution in [2.75, 3.05) is 7.05 Å². The van der Waals surface area contributed by atoms with Gasteiger partial charge in [-0.15, -0.1) is 0 Å². The van der Waals surface area contributed by atoms with E-state index in [-0.39, 0.29) is 0 Å². The molecule has 4 aromatic rings. The highest BCUT2D eigenvalue weighted by molar-refractivity contribution is 5.83. The molecule has 1 unspecified atom stereocenters. The molecule has 3 aromatic heterocycles. The Labute approximate surface area is 187 Å². The van der Waals surface area contributed by atoms with Crippen molar-refractivity contribution in [3.63, 3.8) is 0 Å². The molecule has 5 rings (SSSR count). The van der Waals surface area contributed by atoms with Crippen LogP contribution in [0.15, 0.2) is 79.7 Å². The van der Waals surface area contributed by atoms with Gasteiger partial charge in [0, 0.05) is 41.3 Å². The summed E-state index contributed by atoms with van der Waals surface area (Å²) >= 11 is 0. The molecule has 1 aromatic carbocycles. The fourth-order valence-electron chi connectivity index (χ4n) is 3.90. The van der Waals surface area contributed by atoms with Gasteiger partial charge in [-0.25, -0.2) is 0 Å². The van der Waals surface area contributed by atoms with E-state index in [1.165, 1.54) is 18.2 Å². The first kappa shape index (κ1) is 21.4. The van der Waals surface area contributed by atoms with Crippen molar-refractivity contribution in [1.29, 1.82) is 0 Å². The predicted molar refractivity (Wildman–Crippen MR) is 128 cm³/mol. The minimum absolute atomic E-state index is 0.518. The van der Waals surface area contributed by atoms with E-state index in [2.05, 4.69) is 49.3 Å². The molecule has 0 aliphatic heterocycles. The van der Waals surface area contributed by atoms with Crippen LogP contribution in [0.25, 0.3) is 27.6 Å². The fourth-order valence-corrected chi connectivity index (χ4v) is 3.90. The van der Waals surface area contributed by atoms with Crippen molar-refractivity contribution in [3.05, 3.63) is 90.9 Å². The zero-order valence-corrected chi connectivity index (χ0v) is 18.1. The van der Waals surface area contributed by atoms with Crippen LogP contribution >= 0.6 is 0 Å². The number of rotatable bonds is 3. The van der Waals surface area contributed by atoms with Crippen LogP contribution < -0.4 is 5.73 Å². The predicted octanol–water partition coefficient (Wildman–Crippen LogP) is 4.79. The average Bonchev–Trinajstić information content (AvgIpc) is 3.43. The first-order valence-electron chi connectivity index (χ1n) is 10.7. The van der Waals surface area contributed by atoms with Gasteiger partial charge in [0.05, 0.1) is 23.6 Å². The molecule has 0 radical (unpaired) electrons. The second-order valence-electron chi connectivity index (χ2n) is 7.47. The first-order valence-corrected chi connectivity index (χ1v) is 10.7. The third-order valence-electron chi connectivity index (χ3n) is 5.59. The van der Waals surface area contributed by atoms with Crippen LogP contribution in [0.3, 0.4) is 0 Å². The number of allylic oxidation sites excluding steroid dienone is 2. The topological polar surface area (TPSA) is 109 Å². The Morgan fingerprint density at radius 3 is 2.56 bits per heavy atom. The normalized spacial score (nSPS) is 15.3. The van der Waals surface area contributed by atoms with Gasteiger partial charge in [-0.2, -0.15) is 10.2 Å². The van der Waals surface area contributed by atoms with Crippen LogP contribution in [0.4, 0.5) is 0 Å². The van der Waals surface area contributed by atoms with Gasteiger partial charge in [0.2, 0.25) is 0 Å². The Balaban J connectivity index is 0.00000119. The van der Waals surface area contributed by atoms with E-state index in [1.54, 1.807) is 6.20 Å². The molecular formula is C25H27N7. The van der Waals surface area contributed by atoms with Crippen molar-refractivity contribution >= 4 is 16.5 Å². The maximum Gasteiger partial charge on any atom is 0.0702 e. The molecule has 0 fully saturated rings. The standard InChI is InChI=1S/C24H22N6.CH5N/c1-2-4-23-19(3-1)11-20(12-25-23)21-13-26-24(9-10-27-28-14-21)18-7-5-17(6-8-18)22-15-29-30-16-22;1-2/h1-4,7,9-17,27H,5-6,8H2,(H,29,30);2H2,1H3. The second kappa shape index (κ2) is 10.5. The van der Waals surface area contributed by atoms with Crippen LogP contribution in [-0.4, -0.2) is 37.4 Å². The van der Waals surface area contributed by atoms with Gasteiger partial charge < -0.3 is 5.73 Å². The number of benzene rings is 1. The lowest BCUT2D eigenvalue weighted by molar-refractivity contribution is 0.625. The number of H-pyrrole nitrogens is 2. The molecule has 0 saturated heterocycles. The van der Waals surface area contributed by atoms with Crippen LogP contribution in [0, 0.1) is 0 Å². The number of nitrogens with zero attached hydrogens (tertiary/aromatic N) is 4. The molecule has 1 atom stereocenters. The van der Waals surface area contributed by atoms with Gasteiger partial charge in [0.25, 0.3) is 0 Å². The summed E-state index contributed by atoms with van der Waals surface area (Å²) in [4.78, 5) is 9.38. The number of pyridine rings is 1. The number of fused-ring (bicyclic) bond motifs is 1. The van der Waals surface area contributed by atoms with Crippen molar-refractivity contribution in [3.8, 4) is 11.1 Å². The maximum absolute atomic E-state index is 4.81. The van der Waals surface area contributed by atoms with Gasteiger partial charge in [0.15, 0.2) is 0 Å². The molecule has 7 nitrogen and oxygen atoms in total. The number of aromatic amines is 2. The number of nitrogens with one attached hydrogen (secondary N) is 2. The Hall–Kier alpha value is -3.84. The van der Waals surface area contributed by atoms with Gasteiger partial charge in [-0.3, -0.25) is 20.2 Å². The summed E-state index contributed by atoms with van der Waals surface area (Å²) in [6, 6.07) is 12.2. The smallest absolute Gasteiger partial charge is 0.0702 e. The van der Waals surface area contributed by atoms with E-state index < -0.39 is 0 Å². The van der Waals surface area contributed by atoms with Gasteiger partial charge in [-0.05, 0) is 61.6 Å². The number of para-hydroxylation sites is 1. The summed E-state index contributed by atoms with van der Waals surface area (Å²) in [5.74, 6) is 0.518. The minimum Gasteiger partial charge on any atom is -0.333 e. The average molecular weight is 426 g/mol. The number of hydrogen-bond donors (Lipinski definition) is 3. The molecule has 7 heteroatoms. The molecule has 32 heavy (non-hydrogen) atoms. The van der Waals surface area contributed by atoms with Gasteiger partial charge >= 0.3 is 0 Å². The highest BCUT2D eigenvalue weighted by atomic mass is 15.1. The summed E-state index contributed by atoms with van der Waals surface area (Å²) in [6.07, 6.45) is 16.7. The van der Waals surface area contributed by atoms with Crippen LogP contribution in [-0.2, 0) is 0 Å². The number of hydrogen-bond acceptors (Lipinski definition) is 5. The highest BCUT2D eigenvalue weighted by Crippen LogP contribution is 2.34. The fraction of sp³-hybridized carbons (Fsp3) is 0.200. The molecule has 4 N–H and O–H groups in total. The molecule has 0 saturated carbocycles. The zero-order chi connectivity index (χ0) is 22.2. The van der Waals surface area contributed by atoms with Crippen LogP contribution in [0.2, 0.25) is 0 Å². The van der Waals surface area contributed by atoms with E-state index in [1.807, 2.05) is 55.2 Å². The Kier molecular flexibility index (Phi) is 6.99. The summed E-state index contributed by atoms with van der Waals surface area (Å²) in [6.45, 7) is 0. The Bertz CT molecular complexity index is 1240. The van der Waals surface area contributed by atoms with E-state index in [9.17, 15) is 0 Å². The third-order valence-corrected chi connectivity index (χ3v) is 5.59. The first-order chi connectivity index (χ1) is 15.9. The number of aromatic nitrogens is 6. The molecule has 1 aliphatic carbocycles. The second-order valence-corrected chi connectivity index (χ2v) is 7.47. The van der Waals surface area contributed by atoms with Crippen molar-refractivity contribution < 1.29 is 0 Å². The maximum atomic E-state index is 4.81. The molecular weight excluding hydrogens is 398 g/mol. The number of nitrogens with two attached hydrogens (primary N) is 1. The van der Waals surface area contributed by atoms with E-state index >= 15 is 0 Å². The Morgan fingerprint density at radius 2 is 1.75 bits per heavy atom. The van der Waals surface area contributed by atoms with E-state index in [4.69, 9.17) is 4.98 Å². The lowest BCUT2D eigenvalue weighted by Crippen LogP contribution is -2.03. The Morgan fingerprint density at radius 1 is 0.906 bits per heavy atom. The lowest BCUT2D eigenvalue weighted by Gasteiger charge is -2.20. The SMILES string of the molecule is C1=C(c2cc[nH]ncc(-c3cnc4ccccc4c3)cn2)CCC(c2cn[nH]c2)C1.CN. The molecule has 162 valence electrons. The monoisotopic (exact) mass is 425 g/mol. The third kappa shape index (κ3) is 4.90. The van der Waals surface area contributed by atoms with Crippen molar-refractivity contribution in [2.24, 2.45) is 5.73 Å². The summed E-state index contributed by atoms with van der Waals surface area (Å²) < 4.78 is 0. The van der Waals surface area contributed by atoms with E-state index in [0.717, 1.165) is 47.0 Å². The molecule has 0 amide bonds. The summed E-state index contributed by atoms with van der Waals surface area (Å²) in [5, 5.41) is 15.4.